The van der Waals surface area contributed by atoms with Crippen molar-refractivity contribution in [2.24, 2.45) is 0 Å². The van der Waals surface area contributed by atoms with Crippen molar-refractivity contribution < 1.29 is 27.8 Å². The number of aryl methyl sites for hydroxylation is 1. The topological polar surface area (TPSA) is 126 Å². The number of benzene rings is 2. The molecule has 38 heavy (non-hydrogen) atoms. The molecule has 0 atom stereocenters. The number of carboxylic acids is 1. The Morgan fingerprint density at radius 3 is 2.66 bits per heavy atom. The van der Waals surface area contributed by atoms with E-state index < -0.39 is 17.8 Å². The van der Waals surface area contributed by atoms with Crippen molar-refractivity contribution in [1.29, 1.82) is 5.26 Å². The summed E-state index contributed by atoms with van der Waals surface area (Å²) in [5.41, 5.74) is 1.25. The normalized spacial score (nSPS) is 11.4. The smallest absolute Gasteiger partial charge is 0.435 e. The molecule has 2 aromatic heterocycles. The maximum Gasteiger partial charge on any atom is 0.435 e. The van der Waals surface area contributed by atoms with Gasteiger partial charge in [-0.15, -0.1) is 0 Å². The third-order valence-electron chi connectivity index (χ3n) is 5.29. The van der Waals surface area contributed by atoms with Crippen molar-refractivity contribution >= 4 is 23.7 Å². The largest absolute Gasteiger partial charge is 0.497 e. The van der Waals surface area contributed by atoms with E-state index >= 15 is 0 Å². The van der Waals surface area contributed by atoms with E-state index in [1.165, 1.54) is 32.4 Å². The van der Waals surface area contributed by atoms with Gasteiger partial charge in [0, 0.05) is 35.3 Å². The van der Waals surface area contributed by atoms with Gasteiger partial charge in [-0.05, 0) is 48.4 Å². The van der Waals surface area contributed by atoms with E-state index in [1.807, 2.05) is 6.07 Å². The zero-order chi connectivity index (χ0) is 27.4. The number of nitrogens with zero attached hydrogens (tertiary/aromatic N) is 5. The Bertz CT molecular complexity index is 1590. The highest BCUT2D eigenvalue weighted by Gasteiger charge is 2.35. The summed E-state index contributed by atoms with van der Waals surface area (Å²) in [4.78, 5) is 19.7. The summed E-state index contributed by atoms with van der Waals surface area (Å²) in [6, 6.07) is 14.3. The number of nitrogens with one attached hydrogen (secondary N) is 1. The van der Waals surface area contributed by atoms with Gasteiger partial charge < -0.3 is 15.2 Å². The Kier molecular flexibility index (Phi) is 7.11. The van der Waals surface area contributed by atoms with Crippen LogP contribution in [0.3, 0.4) is 0 Å². The summed E-state index contributed by atoms with van der Waals surface area (Å²) >= 11 is 0. The number of rotatable bonds is 7. The first-order valence-corrected chi connectivity index (χ1v) is 11.0. The van der Waals surface area contributed by atoms with E-state index in [0.29, 0.717) is 33.7 Å². The number of ether oxygens (including phenoxy) is 1. The molecule has 0 saturated carbocycles. The van der Waals surface area contributed by atoms with Crippen molar-refractivity contribution in [2.45, 2.75) is 13.1 Å². The number of hydrogen-bond donors (Lipinski definition) is 2. The highest BCUT2D eigenvalue weighted by Crippen LogP contribution is 2.32. The van der Waals surface area contributed by atoms with Crippen LogP contribution in [0.2, 0.25) is 0 Å². The third-order valence-corrected chi connectivity index (χ3v) is 5.29. The molecule has 0 spiro atoms. The van der Waals surface area contributed by atoms with Crippen LogP contribution in [0, 0.1) is 18.3 Å². The van der Waals surface area contributed by atoms with Crippen LogP contribution in [0.1, 0.15) is 22.5 Å². The third kappa shape index (κ3) is 5.79. The van der Waals surface area contributed by atoms with Crippen molar-refractivity contribution in [3.05, 3.63) is 83.3 Å². The Labute approximate surface area is 214 Å². The lowest BCUT2D eigenvalue weighted by molar-refractivity contribution is -0.141. The number of carbonyl (C=O) groups is 1. The van der Waals surface area contributed by atoms with Crippen molar-refractivity contribution in [3.63, 3.8) is 0 Å². The predicted octanol–water partition coefficient (Wildman–Crippen LogP) is 5.38. The highest BCUT2D eigenvalue weighted by molar-refractivity contribution is 5.86. The molecule has 0 saturated heterocycles. The number of aliphatic carboxylic acids is 1. The molecule has 9 nitrogen and oxygen atoms in total. The number of aromatic nitrogens is 4. The number of hydrogen-bond acceptors (Lipinski definition) is 7. The van der Waals surface area contributed by atoms with Gasteiger partial charge in [-0.2, -0.15) is 28.5 Å². The molecular weight excluding hydrogens is 501 g/mol. The molecule has 0 aliphatic rings. The minimum absolute atomic E-state index is 0.0336. The van der Waals surface area contributed by atoms with Crippen LogP contribution in [0.15, 0.2) is 60.8 Å². The Morgan fingerprint density at radius 1 is 1.21 bits per heavy atom. The standard InChI is InChI=1S/C26H19F3N6O3/c1-15-8-22(26(27,28)29)34-35(15)24-21(18-5-3-4-16(9-18)6-7-23(36)37)14-31-25(33-24)32-19-10-17(13-30)11-20(12-19)38-2/h3-12,14H,1-2H3,(H,36,37)(H,31,32,33). The van der Waals surface area contributed by atoms with E-state index in [4.69, 9.17) is 9.84 Å². The second kappa shape index (κ2) is 10.4. The van der Waals surface area contributed by atoms with Crippen molar-refractivity contribution in [2.75, 3.05) is 12.4 Å². The maximum atomic E-state index is 13.4. The van der Waals surface area contributed by atoms with Gasteiger partial charge in [-0.25, -0.2) is 14.5 Å². The van der Waals surface area contributed by atoms with Gasteiger partial charge in [0.05, 0.1) is 18.7 Å². The molecule has 4 aromatic rings. The quantitative estimate of drug-likeness (QED) is 0.311. The van der Waals surface area contributed by atoms with E-state index in [-0.39, 0.29) is 17.5 Å². The van der Waals surface area contributed by atoms with Gasteiger partial charge in [-0.1, -0.05) is 18.2 Å². The number of anilines is 2. The van der Waals surface area contributed by atoms with E-state index in [0.717, 1.165) is 16.8 Å². The van der Waals surface area contributed by atoms with Gasteiger partial charge in [0.2, 0.25) is 5.95 Å². The van der Waals surface area contributed by atoms with Crippen LogP contribution in [0.25, 0.3) is 23.0 Å². The van der Waals surface area contributed by atoms with Gasteiger partial charge >= 0.3 is 12.1 Å². The number of nitriles is 1. The summed E-state index contributed by atoms with van der Waals surface area (Å²) in [6.45, 7) is 1.47. The average molecular weight is 520 g/mol. The minimum Gasteiger partial charge on any atom is -0.497 e. The molecule has 2 aromatic carbocycles. The van der Waals surface area contributed by atoms with Crippen LogP contribution in [-0.2, 0) is 11.0 Å². The molecule has 2 heterocycles. The predicted molar refractivity (Wildman–Crippen MR) is 132 cm³/mol. The molecule has 0 fully saturated rings. The first-order valence-electron chi connectivity index (χ1n) is 11.0. The number of halogens is 3. The first kappa shape index (κ1) is 25.9. The lowest BCUT2D eigenvalue weighted by atomic mass is 10.0. The minimum atomic E-state index is -4.67. The summed E-state index contributed by atoms with van der Waals surface area (Å²) in [7, 11) is 1.45. The van der Waals surface area contributed by atoms with Crippen LogP contribution in [0.5, 0.6) is 5.75 Å². The average Bonchev–Trinajstić information content (AvgIpc) is 3.29. The Balaban J connectivity index is 1.85. The fourth-order valence-electron chi connectivity index (χ4n) is 3.59. The van der Waals surface area contributed by atoms with E-state index in [9.17, 15) is 23.2 Å². The van der Waals surface area contributed by atoms with Gasteiger partial charge in [-0.3, -0.25) is 0 Å². The van der Waals surface area contributed by atoms with Crippen LogP contribution in [-0.4, -0.2) is 37.9 Å². The van der Waals surface area contributed by atoms with Crippen molar-refractivity contribution in [1.82, 2.24) is 19.7 Å². The fourth-order valence-corrected chi connectivity index (χ4v) is 3.59. The number of alkyl halides is 3. The summed E-state index contributed by atoms with van der Waals surface area (Å²) < 4.78 is 46.5. The molecule has 0 unspecified atom stereocenters. The van der Waals surface area contributed by atoms with Crippen LogP contribution in [0.4, 0.5) is 24.8 Å². The van der Waals surface area contributed by atoms with E-state index in [2.05, 4.69) is 20.4 Å². The molecule has 0 aliphatic heterocycles. The second-order valence-electron chi connectivity index (χ2n) is 8.00. The van der Waals surface area contributed by atoms with Crippen LogP contribution < -0.4 is 10.1 Å². The summed E-state index contributed by atoms with van der Waals surface area (Å²) in [5, 5.41) is 24.9. The molecule has 0 aliphatic carbocycles. The maximum absolute atomic E-state index is 13.4. The monoisotopic (exact) mass is 520 g/mol. The van der Waals surface area contributed by atoms with Crippen LogP contribution >= 0.6 is 0 Å². The number of methoxy groups -OCH3 is 1. The number of carboxylic acid groups (broad SMARTS) is 1. The molecule has 4 rings (SSSR count). The summed E-state index contributed by atoms with van der Waals surface area (Å²) in [5.74, 6) is -0.629. The zero-order valence-corrected chi connectivity index (χ0v) is 20.0. The van der Waals surface area contributed by atoms with E-state index in [1.54, 1.807) is 36.4 Å². The molecule has 0 amide bonds. The van der Waals surface area contributed by atoms with Gasteiger partial charge in [0.1, 0.15) is 5.75 Å². The SMILES string of the molecule is COc1cc(C#N)cc(Nc2ncc(-c3cccc(C=CC(=O)O)c3)c(-n3nc(C(F)(F)F)cc3C)n2)c1. The molecule has 2 N–H and O–H groups in total. The first-order chi connectivity index (χ1) is 18.1. The summed E-state index contributed by atoms with van der Waals surface area (Å²) in [6.07, 6.45) is -0.885. The molecule has 0 radical (unpaired) electrons. The lowest BCUT2D eigenvalue weighted by Crippen LogP contribution is -2.10. The zero-order valence-electron chi connectivity index (χ0n) is 20.0. The molecular formula is C26H19F3N6O3. The fraction of sp³-hybridized carbons (Fsp3) is 0.115. The van der Waals surface area contributed by atoms with Gasteiger partial charge in [0.15, 0.2) is 11.5 Å². The molecule has 0 bridgehead atoms. The Hall–Kier alpha value is -5.18. The molecule has 12 heteroatoms. The highest BCUT2D eigenvalue weighted by atomic mass is 19.4. The van der Waals surface area contributed by atoms with Crippen molar-refractivity contribution in [3.8, 4) is 28.8 Å². The molecule has 192 valence electrons. The Morgan fingerprint density at radius 2 is 2.00 bits per heavy atom. The van der Waals surface area contributed by atoms with Gasteiger partial charge in [0.25, 0.3) is 0 Å². The second-order valence-corrected chi connectivity index (χ2v) is 8.00. The lowest BCUT2D eigenvalue weighted by Gasteiger charge is -2.14.